The first-order valence-corrected chi connectivity index (χ1v) is 6.30. The number of para-hydroxylation sites is 1. The molecule has 0 radical (unpaired) electrons. The maximum atomic E-state index is 11.5. The number of rotatable bonds is 8. The molecule has 0 fully saturated rings. The van der Waals surface area contributed by atoms with Crippen molar-refractivity contribution in [3.05, 3.63) is 39.9 Å². The Labute approximate surface area is 120 Å². The Kier molecular flexibility index (Phi) is 5.79. The molecule has 0 aliphatic heterocycles. The van der Waals surface area contributed by atoms with Crippen LogP contribution in [0.2, 0.25) is 0 Å². The first-order chi connectivity index (χ1) is 9.88. The molecule has 0 amide bonds. The van der Waals surface area contributed by atoms with Crippen LogP contribution < -0.4 is 0 Å². The van der Waals surface area contributed by atoms with Crippen molar-refractivity contribution in [1.82, 2.24) is 4.90 Å². The highest BCUT2D eigenvalue weighted by molar-refractivity contribution is 5.77. The number of nitro groups is 1. The third kappa shape index (κ3) is 4.25. The van der Waals surface area contributed by atoms with Crippen molar-refractivity contribution in [2.45, 2.75) is 19.4 Å². The van der Waals surface area contributed by atoms with Crippen LogP contribution in [-0.2, 0) is 9.59 Å². The minimum atomic E-state index is -1.25. The monoisotopic (exact) mass is 296 g/mol. The van der Waals surface area contributed by atoms with E-state index in [1.807, 2.05) is 0 Å². The van der Waals surface area contributed by atoms with Gasteiger partial charge in [-0.25, -0.2) is 0 Å². The normalized spacial score (nSPS) is 12.1. The predicted octanol–water partition coefficient (Wildman–Crippen LogP) is 1.52. The van der Waals surface area contributed by atoms with Gasteiger partial charge in [-0.05, 0) is 12.6 Å². The van der Waals surface area contributed by atoms with Crippen LogP contribution in [0.5, 0.6) is 0 Å². The standard InChI is InChI=1S/C13H16N2O6/c1-2-14(8-7-11(16)17)12(13(18)19)9-5-3-4-6-10(9)15(20)21/h3-6,12H,2,7-8H2,1H3,(H,16,17)(H,18,19). The van der Waals surface area contributed by atoms with Crippen LogP contribution in [0.3, 0.4) is 0 Å². The van der Waals surface area contributed by atoms with E-state index < -0.39 is 22.9 Å². The molecule has 0 aliphatic rings. The van der Waals surface area contributed by atoms with Gasteiger partial charge in [-0.2, -0.15) is 0 Å². The smallest absolute Gasteiger partial charge is 0.325 e. The predicted molar refractivity (Wildman–Crippen MR) is 73.0 cm³/mol. The van der Waals surface area contributed by atoms with E-state index in [9.17, 15) is 24.8 Å². The van der Waals surface area contributed by atoms with Gasteiger partial charge in [-0.3, -0.25) is 24.6 Å². The summed E-state index contributed by atoms with van der Waals surface area (Å²) in [7, 11) is 0. The second-order valence-electron chi connectivity index (χ2n) is 4.33. The molecular formula is C13H16N2O6. The molecule has 0 bridgehead atoms. The lowest BCUT2D eigenvalue weighted by Gasteiger charge is -2.27. The van der Waals surface area contributed by atoms with Crippen molar-refractivity contribution in [3.8, 4) is 0 Å². The molecule has 0 saturated carbocycles. The topological polar surface area (TPSA) is 121 Å². The summed E-state index contributed by atoms with van der Waals surface area (Å²) in [5.74, 6) is -2.31. The first kappa shape index (κ1) is 16.6. The summed E-state index contributed by atoms with van der Waals surface area (Å²) in [6.07, 6.45) is -0.238. The molecule has 114 valence electrons. The average molecular weight is 296 g/mol. The Bertz CT molecular complexity index is 545. The summed E-state index contributed by atoms with van der Waals surface area (Å²) in [5, 5.41) is 29.1. The lowest BCUT2D eigenvalue weighted by Crippen LogP contribution is -2.36. The van der Waals surface area contributed by atoms with E-state index in [2.05, 4.69) is 0 Å². The maximum absolute atomic E-state index is 11.5. The van der Waals surface area contributed by atoms with Crippen molar-refractivity contribution in [3.63, 3.8) is 0 Å². The zero-order chi connectivity index (χ0) is 16.0. The molecule has 0 spiro atoms. The van der Waals surface area contributed by atoms with Crippen LogP contribution in [0.15, 0.2) is 24.3 Å². The Hall–Kier alpha value is -2.48. The third-order valence-electron chi connectivity index (χ3n) is 3.05. The molecule has 1 aromatic carbocycles. The molecule has 8 nitrogen and oxygen atoms in total. The molecule has 1 rings (SSSR count). The average Bonchev–Trinajstić information content (AvgIpc) is 2.42. The number of carboxylic acid groups (broad SMARTS) is 2. The quantitative estimate of drug-likeness (QED) is 0.551. The number of carbonyl (C=O) groups is 2. The highest BCUT2D eigenvalue weighted by Gasteiger charge is 2.32. The number of nitrogens with zero attached hydrogens (tertiary/aromatic N) is 2. The van der Waals surface area contributed by atoms with Crippen LogP contribution >= 0.6 is 0 Å². The van der Waals surface area contributed by atoms with Gasteiger partial charge in [0, 0.05) is 12.6 Å². The molecule has 8 heteroatoms. The summed E-state index contributed by atoms with van der Waals surface area (Å²) in [5.41, 5.74) is -0.249. The lowest BCUT2D eigenvalue weighted by molar-refractivity contribution is -0.385. The Morgan fingerprint density at radius 3 is 2.43 bits per heavy atom. The SMILES string of the molecule is CCN(CCC(=O)O)C(C(=O)O)c1ccccc1[N+](=O)[O-]. The van der Waals surface area contributed by atoms with Crippen LogP contribution in [0, 0.1) is 10.1 Å². The number of likely N-dealkylation sites (N-methyl/N-ethyl adjacent to an activating group) is 1. The molecule has 1 unspecified atom stereocenters. The van der Waals surface area contributed by atoms with Crippen LogP contribution in [-0.4, -0.2) is 45.1 Å². The number of carboxylic acids is 2. The van der Waals surface area contributed by atoms with E-state index in [-0.39, 0.29) is 30.8 Å². The fraction of sp³-hybridized carbons (Fsp3) is 0.385. The molecule has 2 N–H and O–H groups in total. The van der Waals surface area contributed by atoms with Crippen molar-refractivity contribution in [2.24, 2.45) is 0 Å². The lowest BCUT2D eigenvalue weighted by atomic mass is 10.0. The second-order valence-corrected chi connectivity index (χ2v) is 4.33. The second kappa shape index (κ2) is 7.34. The summed E-state index contributed by atoms with van der Waals surface area (Å²) >= 11 is 0. The van der Waals surface area contributed by atoms with Crippen LogP contribution in [0.1, 0.15) is 24.9 Å². The Morgan fingerprint density at radius 1 is 1.33 bits per heavy atom. The van der Waals surface area contributed by atoms with Crippen molar-refractivity contribution < 1.29 is 24.7 Å². The van der Waals surface area contributed by atoms with Gasteiger partial charge in [0.25, 0.3) is 5.69 Å². The minimum absolute atomic E-state index is 0.00511. The molecule has 21 heavy (non-hydrogen) atoms. The van der Waals surface area contributed by atoms with E-state index in [0.717, 1.165) is 0 Å². The highest BCUT2D eigenvalue weighted by Crippen LogP contribution is 2.29. The van der Waals surface area contributed by atoms with Crippen molar-refractivity contribution >= 4 is 17.6 Å². The number of benzene rings is 1. The summed E-state index contributed by atoms with van der Waals surface area (Å²) in [6, 6.07) is 4.32. The molecule has 0 aromatic heterocycles. The van der Waals surface area contributed by atoms with Gasteiger partial charge in [-0.1, -0.05) is 19.1 Å². The first-order valence-electron chi connectivity index (χ1n) is 6.30. The van der Waals surface area contributed by atoms with Gasteiger partial charge in [0.1, 0.15) is 6.04 Å². The third-order valence-corrected chi connectivity index (χ3v) is 3.05. The minimum Gasteiger partial charge on any atom is -0.481 e. The summed E-state index contributed by atoms with van der Waals surface area (Å²) < 4.78 is 0. The van der Waals surface area contributed by atoms with Gasteiger partial charge < -0.3 is 10.2 Å². The summed E-state index contributed by atoms with van der Waals surface area (Å²) in [6.45, 7) is 1.93. The van der Waals surface area contributed by atoms with Crippen LogP contribution in [0.4, 0.5) is 5.69 Å². The van der Waals surface area contributed by atoms with E-state index >= 15 is 0 Å². The number of nitro benzene ring substituents is 1. The van der Waals surface area contributed by atoms with Gasteiger partial charge in [0.05, 0.1) is 16.9 Å². The van der Waals surface area contributed by atoms with Crippen LogP contribution in [0.25, 0.3) is 0 Å². The van der Waals surface area contributed by atoms with Gasteiger partial charge in [0.15, 0.2) is 0 Å². The zero-order valence-corrected chi connectivity index (χ0v) is 11.4. The van der Waals surface area contributed by atoms with Gasteiger partial charge in [0.2, 0.25) is 0 Å². The van der Waals surface area contributed by atoms with E-state index in [1.165, 1.54) is 29.2 Å². The molecule has 0 heterocycles. The fourth-order valence-electron chi connectivity index (χ4n) is 2.08. The largest absolute Gasteiger partial charge is 0.481 e. The number of hydrogen-bond acceptors (Lipinski definition) is 5. The van der Waals surface area contributed by atoms with Gasteiger partial charge in [-0.15, -0.1) is 0 Å². The Balaban J connectivity index is 3.19. The maximum Gasteiger partial charge on any atom is 0.325 e. The highest BCUT2D eigenvalue weighted by atomic mass is 16.6. The molecular weight excluding hydrogens is 280 g/mol. The molecule has 1 aromatic rings. The number of hydrogen-bond donors (Lipinski definition) is 2. The fourth-order valence-corrected chi connectivity index (χ4v) is 2.08. The molecule has 1 atom stereocenters. The number of aliphatic carboxylic acids is 2. The summed E-state index contributed by atoms with van der Waals surface area (Å²) in [4.78, 5) is 33.9. The van der Waals surface area contributed by atoms with Crippen molar-refractivity contribution in [1.29, 1.82) is 0 Å². The zero-order valence-electron chi connectivity index (χ0n) is 11.4. The Morgan fingerprint density at radius 2 is 1.95 bits per heavy atom. The molecule has 0 saturated heterocycles. The van der Waals surface area contributed by atoms with E-state index in [4.69, 9.17) is 5.11 Å². The molecule has 0 aliphatic carbocycles. The van der Waals surface area contributed by atoms with E-state index in [0.29, 0.717) is 0 Å². The van der Waals surface area contributed by atoms with Crippen molar-refractivity contribution in [2.75, 3.05) is 13.1 Å². The van der Waals surface area contributed by atoms with Gasteiger partial charge >= 0.3 is 11.9 Å². The van der Waals surface area contributed by atoms with E-state index in [1.54, 1.807) is 6.92 Å².